The molecule has 0 spiro atoms. The van der Waals surface area contributed by atoms with Crippen LogP contribution < -0.4 is 24.8 Å². The summed E-state index contributed by atoms with van der Waals surface area (Å²) in [5, 5.41) is 0. The van der Waals surface area contributed by atoms with E-state index < -0.39 is 0 Å². The first-order valence-corrected chi connectivity index (χ1v) is 9.91. The topological polar surface area (TPSA) is 0 Å². The van der Waals surface area contributed by atoms with E-state index in [0.29, 0.717) is 0 Å². The van der Waals surface area contributed by atoms with Crippen LogP contribution in [0, 0.1) is 6.07 Å². The molecular formula is C24H26Cl2Ti-2. The smallest absolute Gasteiger partial charge is 0.0253 e. The van der Waals surface area contributed by atoms with Crippen LogP contribution in [0.3, 0.4) is 0 Å². The van der Waals surface area contributed by atoms with Crippen molar-refractivity contribution >= 4 is 4.31 Å². The van der Waals surface area contributed by atoms with E-state index >= 15 is 0 Å². The zero-order valence-electron chi connectivity index (χ0n) is 16.2. The Balaban J connectivity index is 0.000000430. The first-order valence-electron chi connectivity index (χ1n) is 9.00. The summed E-state index contributed by atoms with van der Waals surface area (Å²) in [6.07, 6.45) is 3.38. The molecule has 142 valence electrons. The van der Waals surface area contributed by atoms with Gasteiger partial charge in [-0.3, -0.25) is 0 Å². The van der Waals surface area contributed by atoms with Crippen molar-refractivity contribution in [2.75, 3.05) is 0 Å². The van der Waals surface area contributed by atoms with Gasteiger partial charge in [0.25, 0.3) is 0 Å². The number of hydrogen-bond donors (Lipinski definition) is 0. The molecule has 0 saturated carbocycles. The van der Waals surface area contributed by atoms with E-state index in [1.165, 1.54) is 46.2 Å². The normalized spacial score (nSPS) is 9.81. The maximum Gasteiger partial charge on any atom is -0.0253 e. The molecule has 0 radical (unpaired) electrons. The molecule has 0 unspecified atom stereocenters. The molecule has 4 rings (SSSR count). The minimum Gasteiger partial charge on any atom is -1.00 e. The molecule has 0 atom stereocenters. The Morgan fingerprint density at radius 3 is 2.04 bits per heavy atom. The number of benzene rings is 2. The van der Waals surface area contributed by atoms with E-state index in [1.807, 2.05) is 37.3 Å². The fourth-order valence-electron chi connectivity index (χ4n) is 2.99. The average molecular weight is 433 g/mol. The maximum absolute atomic E-state index is 3.30. The van der Waals surface area contributed by atoms with E-state index in [2.05, 4.69) is 74.5 Å². The van der Waals surface area contributed by atoms with Crippen LogP contribution in [0.1, 0.15) is 43.0 Å². The second-order valence-electron chi connectivity index (χ2n) is 6.02. The Kier molecular flexibility index (Phi) is 13.5. The second kappa shape index (κ2) is 14.0. The SMILES string of the molecule is CCc1ccc(CC)[cH-]1.C[CH]=[Ti+2].[Cl-].[Cl-].[c-]1cccc2c1Cc1ccccc1-2. The number of fused-ring (bicyclic) bond motifs is 3. The van der Waals surface area contributed by atoms with Crippen LogP contribution in [0.5, 0.6) is 0 Å². The van der Waals surface area contributed by atoms with Gasteiger partial charge in [-0.1, -0.05) is 62.1 Å². The Labute approximate surface area is 188 Å². The van der Waals surface area contributed by atoms with Crippen molar-refractivity contribution in [2.45, 2.75) is 40.0 Å². The van der Waals surface area contributed by atoms with E-state index in [1.54, 1.807) is 0 Å². The van der Waals surface area contributed by atoms with Crippen LogP contribution >= 0.6 is 0 Å². The Bertz CT molecular complexity index is 743. The minimum atomic E-state index is 0. The molecule has 0 N–H and O–H groups in total. The van der Waals surface area contributed by atoms with Crippen LogP contribution in [0.25, 0.3) is 11.1 Å². The van der Waals surface area contributed by atoms with Crippen molar-refractivity contribution in [3.05, 3.63) is 89.0 Å². The van der Waals surface area contributed by atoms with Crippen molar-refractivity contribution in [1.82, 2.24) is 0 Å². The van der Waals surface area contributed by atoms with Crippen molar-refractivity contribution < 1.29 is 44.8 Å². The first-order chi connectivity index (χ1) is 12.2. The summed E-state index contributed by atoms with van der Waals surface area (Å²) in [6, 6.07) is 24.8. The third-order valence-corrected chi connectivity index (χ3v) is 4.32. The Hall–Kier alpha value is -1.05. The van der Waals surface area contributed by atoms with Crippen LogP contribution in [-0.2, 0) is 39.2 Å². The quantitative estimate of drug-likeness (QED) is 0.308. The van der Waals surface area contributed by atoms with Gasteiger partial charge in [0.05, 0.1) is 0 Å². The summed E-state index contributed by atoms with van der Waals surface area (Å²) in [7, 11) is 0. The van der Waals surface area contributed by atoms with Gasteiger partial charge in [0, 0.05) is 0 Å². The van der Waals surface area contributed by atoms with Gasteiger partial charge in [0.2, 0.25) is 0 Å². The molecule has 1 aliphatic carbocycles. The molecule has 0 heterocycles. The monoisotopic (exact) mass is 432 g/mol. The van der Waals surface area contributed by atoms with Crippen molar-refractivity contribution in [3.8, 4) is 11.1 Å². The fraction of sp³-hybridized carbons (Fsp3) is 0.250. The van der Waals surface area contributed by atoms with Gasteiger partial charge in [0.1, 0.15) is 0 Å². The standard InChI is InChI=1S/C13H9.C9H13.C2H4.2ClH.Ti/c1-3-7-12-10(5-1)9-11-6-2-4-8-13(11)12;1-3-8-5-6-9(4-2)7-8;1-2;;;/h1-5,7-8H,9H2;5-7H,3-4H2,1-2H3;1H,2H3;2*1H;/q2*-1;;;;+2/p-2. The molecule has 0 saturated heterocycles. The van der Waals surface area contributed by atoms with Crippen LogP contribution in [0.4, 0.5) is 0 Å². The molecule has 0 nitrogen and oxygen atoms in total. The van der Waals surface area contributed by atoms with Gasteiger partial charge < -0.3 is 24.8 Å². The van der Waals surface area contributed by atoms with Crippen LogP contribution in [0.2, 0.25) is 0 Å². The van der Waals surface area contributed by atoms with Crippen molar-refractivity contribution in [2.24, 2.45) is 0 Å². The van der Waals surface area contributed by atoms with Crippen molar-refractivity contribution in [3.63, 3.8) is 0 Å². The van der Waals surface area contributed by atoms with E-state index in [-0.39, 0.29) is 24.8 Å². The van der Waals surface area contributed by atoms with E-state index in [0.717, 1.165) is 6.42 Å². The zero-order valence-corrected chi connectivity index (χ0v) is 19.3. The third kappa shape index (κ3) is 7.47. The molecule has 27 heavy (non-hydrogen) atoms. The molecule has 3 aromatic carbocycles. The predicted octanol–water partition coefficient (Wildman–Crippen LogP) is -0.0484. The second-order valence-corrected chi connectivity index (χ2v) is 6.92. The zero-order chi connectivity index (χ0) is 18.1. The molecule has 3 heteroatoms. The number of halogens is 2. The molecule has 0 aromatic heterocycles. The third-order valence-electron chi connectivity index (χ3n) is 4.32. The number of hydrogen-bond acceptors (Lipinski definition) is 0. The summed E-state index contributed by atoms with van der Waals surface area (Å²) in [4.78, 5) is 0. The first kappa shape index (κ1) is 26.0. The Morgan fingerprint density at radius 1 is 0.926 bits per heavy atom. The molecule has 0 fully saturated rings. The van der Waals surface area contributed by atoms with Gasteiger partial charge in [-0.05, 0) is 6.42 Å². The summed E-state index contributed by atoms with van der Waals surface area (Å²) in [6.45, 7) is 6.38. The molecule has 0 bridgehead atoms. The summed E-state index contributed by atoms with van der Waals surface area (Å²) in [5.41, 5.74) is 8.44. The summed E-state index contributed by atoms with van der Waals surface area (Å²) < 4.78 is 2.00. The predicted molar refractivity (Wildman–Crippen MR) is 106 cm³/mol. The summed E-state index contributed by atoms with van der Waals surface area (Å²) >= 11 is 2.00. The van der Waals surface area contributed by atoms with Gasteiger partial charge >= 0.3 is 31.2 Å². The maximum atomic E-state index is 3.30. The molecular weight excluding hydrogens is 407 g/mol. The number of aryl methyl sites for hydroxylation is 2. The largest absolute Gasteiger partial charge is 1.00 e. The van der Waals surface area contributed by atoms with Crippen LogP contribution in [0.15, 0.2) is 60.7 Å². The molecule has 1 aliphatic rings. The van der Waals surface area contributed by atoms with Gasteiger partial charge in [-0.25, -0.2) is 12.1 Å². The minimum absolute atomic E-state index is 0. The Morgan fingerprint density at radius 2 is 1.48 bits per heavy atom. The molecule has 0 aliphatic heterocycles. The molecule has 3 aromatic rings. The van der Waals surface area contributed by atoms with Crippen molar-refractivity contribution in [1.29, 1.82) is 0 Å². The van der Waals surface area contributed by atoms with Crippen LogP contribution in [-0.4, -0.2) is 4.31 Å². The van der Waals surface area contributed by atoms with Gasteiger partial charge in [-0.15, -0.1) is 5.56 Å². The summed E-state index contributed by atoms with van der Waals surface area (Å²) in [5.74, 6) is 0. The van der Waals surface area contributed by atoms with E-state index in [4.69, 9.17) is 0 Å². The van der Waals surface area contributed by atoms with Gasteiger partial charge in [-0.2, -0.15) is 47.0 Å². The van der Waals surface area contributed by atoms with E-state index in [9.17, 15) is 0 Å². The fourth-order valence-corrected chi connectivity index (χ4v) is 2.99. The average Bonchev–Trinajstić information content (AvgIpc) is 3.27. The molecule has 0 amide bonds. The van der Waals surface area contributed by atoms with Gasteiger partial charge in [0.15, 0.2) is 0 Å². The number of rotatable bonds is 2.